The molecule has 16 heavy (non-hydrogen) atoms. The van der Waals surface area contributed by atoms with E-state index >= 15 is 0 Å². The zero-order valence-electron chi connectivity index (χ0n) is 11.4. The van der Waals surface area contributed by atoms with Gasteiger partial charge in [0.1, 0.15) is 0 Å². The molecular formula is C15H29N. The van der Waals surface area contributed by atoms with Crippen LogP contribution in [-0.4, -0.2) is 13.1 Å². The Morgan fingerprint density at radius 3 is 2.69 bits per heavy atom. The van der Waals surface area contributed by atoms with Crippen molar-refractivity contribution in [2.45, 2.75) is 71.3 Å². The average Bonchev–Trinajstić information content (AvgIpc) is 2.22. The molecular weight excluding hydrogens is 194 g/mol. The van der Waals surface area contributed by atoms with E-state index in [1.807, 2.05) is 0 Å². The molecule has 0 aromatic rings. The summed E-state index contributed by atoms with van der Waals surface area (Å²) >= 11 is 0. The summed E-state index contributed by atoms with van der Waals surface area (Å²) in [5, 5.41) is 3.54. The molecule has 1 N–H and O–H groups in total. The Morgan fingerprint density at radius 2 is 2.00 bits per heavy atom. The molecule has 0 spiro atoms. The van der Waals surface area contributed by atoms with E-state index in [2.05, 4.69) is 32.3 Å². The highest BCUT2D eigenvalue weighted by Gasteiger charge is 2.19. The number of hydrogen-bond acceptors (Lipinski definition) is 1. The summed E-state index contributed by atoms with van der Waals surface area (Å²) < 4.78 is 0. The smallest absolute Gasteiger partial charge is 0.0302 e. The van der Waals surface area contributed by atoms with Crippen molar-refractivity contribution in [1.29, 1.82) is 0 Å². The molecule has 0 saturated heterocycles. The maximum atomic E-state index is 3.54. The molecule has 0 saturated carbocycles. The minimum absolute atomic E-state index is 0.623. The van der Waals surface area contributed by atoms with Crippen molar-refractivity contribution in [2.75, 3.05) is 7.05 Å². The molecule has 0 aromatic heterocycles. The third-order valence-electron chi connectivity index (χ3n) is 3.85. The summed E-state index contributed by atoms with van der Waals surface area (Å²) in [6, 6.07) is 0.623. The van der Waals surface area contributed by atoms with Crippen molar-refractivity contribution in [3.63, 3.8) is 0 Å². The summed E-state index contributed by atoms with van der Waals surface area (Å²) in [6.45, 7) is 4.68. The lowest BCUT2D eigenvalue weighted by Crippen LogP contribution is -2.34. The summed E-state index contributed by atoms with van der Waals surface area (Å²) in [4.78, 5) is 0. The van der Waals surface area contributed by atoms with Gasteiger partial charge in [-0.3, -0.25) is 0 Å². The Kier molecular flexibility index (Phi) is 6.79. The number of allylic oxidation sites excluding steroid dienone is 1. The summed E-state index contributed by atoms with van der Waals surface area (Å²) in [5.41, 5.74) is 1.68. The van der Waals surface area contributed by atoms with Gasteiger partial charge in [0.05, 0.1) is 0 Å². The van der Waals surface area contributed by atoms with Crippen molar-refractivity contribution in [3.05, 3.63) is 11.6 Å². The van der Waals surface area contributed by atoms with Crippen LogP contribution in [0.25, 0.3) is 0 Å². The quantitative estimate of drug-likeness (QED) is 0.686. The van der Waals surface area contributed by atoms with Gasteiger partial charge in [-0.25, -0.2) is 0 Å². The van der Waals surface area contributed by atoms with Gasteiger partial charge in [-0.2, -0.15) is 0 Å². The number of likely N-dealkylation sites (N-methyl/N-ethyl adjacent to an activating group) is 1. The van der Waals surface area contributed by atoms with Gasteiger partial charge >= 0.3 is 0 Å². The summed E-state index contributed by atoms with van der Waals surface area (Å²) in [5.74, 6) is 0.778. The second-order valence-corrected chi connectivity index (χ2v) is 5.26. The zero-order valence-corrected chi connectivity index (χ0v) is 11.4. The van der Waals surface area contributed by atoms with Crippen molar-refractivity contribution < 1.29 is 0 Å². The van der Waals surface area contributed by atoms with E-state index in [1.165, 1.54) is 51.4 Å². The molecule has 94 valence electrons. The van der Waals surface area contributed by atoms with E-state index in [4.69, 9.17) is 0 Å². The lowest BCUT2D eigenvalue weighted by Gasteiger charge is -2.27. The fourth-order valence-electron chi connectivity index (χ4n) is 2.96. The molecule has 1 nitrogen and oxygen atoms in total. The Bertz CT molecular complexity index is 207. The van der Waals surface area contributed by atoms with Crippen LogP contribution in [-0.2, 0) is 0 Å². The maximum Gasteiger partial charge on any atom is 0.0302 e. The van der Waals surface area contributed by atoms with Crippen molar-refractivity contribution in [2.24, 2.45) is 5.92 Å². The van der Waals surface area contributed by atoms with E-state index in [1.54, 1.807) is 5.57 Å². The molecule has 2 atom stereocenters. The van der Waals surface area contributed by atoms with Crippen molar-refractivity contribution in [1.82, 2.24) is 5.32 Å². The van der Waals surface area contributed by atoms with Gasteiger partial charge in [0.25, 0.3) is 0 Å². The summed E-state index contributed by atoms with van der Waals surface area (Å²) in [6.07, 6.45) is 13.4. The predicted molar refractivity (Wildman–Crippen MR) is 72.7 cm³/mol. The van der Waals surface area contributed by atoms with Crippen LogP contribution in [0.2, 0.25) is 0 Å². The Hall–Kier alpha value is -0.300. The van der Waals surface area contributed by atoms with Crippen LogP contribution in [0.5, 0.6) is 0 Å². The first-order valence-electron chi connectivity index (χ1n) is 7.15. The van der Waals surface area contributed by atoms with Gasteiger partial charge in [0, 0.05) is 6.04 Å². The van der Waals surface area contributed by atoms with Crippen LogP contribution in [0.3, 0.4) is 0 Å². The number of rotatable bonds is 5. The molecule has 2 unspecified atom stereocenters. The van der Waals surface area contributed by atoms with Crippen molar-refractivity contribution >= 4 is 0 Å². The first kappa shape index (κ1) is 13.8. The molecule has 1 rings (SSSR count). The lowest BCUT2D eigenvalue weighted by atomic mass is 9.86. The first-order chi connectivity index (χ1) is 7.79. The van der Waals surface area contributed by atoms with E-state index < -0.39 is 0 Å². The fourth-order valence-corrected chi connectivity index (χ4v) is 2.96. The molecule has 0 aromatic carbocycles. The third-order valence-corrected chi connectivity index (χ3v) is 3.85. The molecule has 0 bridgehead atoms. The van der Waals surface area contributed by atoms with E-state index in [0.717, 1.165) is 5.92 Å². The fraction of sp³-hybridized carbons (Fsp3) is 0.867. The van der Waals surface area contributed by atoms with E-state index in [-0.39, 0.29) is 0 Å². The number of nitrogens with one attached hydrogen (secondary N) is 1. The predicted octanol–water partition coefficient (Wildman–Crippen LogP) is 4.29. The molecule has 1 heteroatoms. The first-order valence-corrected chi connectivity index (χ1v) is 7.15. The second kappa shape index (κ2) is 7.89. The average molecular weight is 223 g/mol. The molecule has 0 radical (unpaired) electrons. The van der Waals surface area contributed by atoms with Crippen LogP contribution in [0.15, 0.2) is 11.6 Å². The van der Waals surface area contributed by atoms with Gasteiger partial charge in [-0.15, -0.1) is 0 Å². The van der Waals surface area contributed by atoms with Gasteiger partial charge in [0.15, 0.2) is 0 Å². The zero-order chi connectivity index (χ0) is 11.8. The highest BCUT2D eigenvalue weighted by atomic mass is 14.9. The van der Waals surface area contributed by atoms with Crippen LogP contribution in [0, 0.1) is 5.92 Å². The van der Waals surface area contributed by atoms with Gasteiger partial charge in [-0.1, -0.05) is 44.8 Å². The topological polar surface area (TPSA) is 12.0 Å². The van der Waals surface area contributed by atoms with E-state index in [9.17, 15) is 0 Å². The van der Waals surface area contributed by atoms with Gasteiger partial charge in [-0.05, 0) is 45.1 Å². The minimum atomic E-state index is 0.623. The monoisotopic (exact) mass is 223 g/mol. The standard InChI is InChI=1S/C15H29N/c1-4-10-13(2)15(16-3)14-11-8-6-5-7-9-12-14/h11,13,15-16H,4-10,12H2,1-3H3. The van der Waals surface area contributed by atoms with E-state index in [0.29, 0.717) is 6.04 Å². The Morgan fingerprint density at radius 1 is 1.25 bits per heavy atom. The molecule has 0 amide bonds. The minimum Gasteiger partial charge on any atom is -0.313 e. The second-order valence-electron chi connectivity index (χ2n) is 5.26. The normalized spacial score (nSPS) is 21.8. The van der Waals surface area contributed by atoms with Gasteiger partial charge < -0.3 is 5.32 Å². The SMILES string of the molecule is CCCC(C)C(NC)C1=CCCCCCC1. The molecule has 0 aliphatic heterocycles. The lowest BCUT2D eigenvalue weighted by molar-refractivity contribution is 0.400. The largest absolute Gasteiger partial charge is 0.313 e. The molecule has 0 fully saturated rings. The maximum absolute atomic E-state index is 3.54. The van der Waals surface area contributed by atoms with Crippen LogP contribution >= 0.6 is 0 Å². The Balaban J connectivity index is 2.61. The third kappa shape index (κ3) is 4.29. The highest BCUT2D eigenvalue weighted by Crippen LogP contribution is 2.25. The summed E-state index contributed by atoms with van der Waals surface area (Å²) in [7, 11) is 2.12. The van der Waals surface area contributed by atoms with Crippen LogP contribution in [0.1, 0.15) is 65.2 Å². The Labute approximate surface area is 102 Å². The van der Waals surface area contributed by atoms with Crippen LogP contribution < -0.4 is 5.32 Å². The van der Waals surface area contributed by atoms with Gasteiger partial charge in [0.2, 0.25) is 0 Å². The molecule has 1 aliphatic rings. The molecule has 0 heterocycles. The van der Waals surface area contributed by atoms with Crippen LogP contribution in [0.4, 0.5) is 0 Å². The van der Waals surface area contributed by atoms with Crippen molar-refractivity contribution in [3.8, 4) is 0 Å². The highest BCUT2D eigenvalue weighted by molar-refractivity contribution is 5.12. The number of hydrogen-bond donors (Lipinski definition) is 1. The molecule has 1 aliphatic carbocycles.